The molecule has 0 bridgehead atoms. The van der Waals surface area contributed by atoms with Crippen molar-refractivity contribution in [1.82, 2.24) is 0 Å². The highest BCUT2D eigenvalue weighted by molar-refractivity contribution is 7.45. The Balaban J connectivity index is 3.89. The number of rotatable bonds is 66. The molecule has 0 radical (unpaired) electrons. The Morgan fingerprint density at radius 3 is 1.01 bits per heavy atom. The number of carbonyl (C=O) groups is 2. The van der Waals surface area contributed by atoms with Gasteiger partial charge in [0.25, 0.3) is 7.82 Å². The van der Waals surface area contributed by atoms with Crippen molar-refractivity contribution in [3.63, 3.8) is 0 Å². The van der Waals surface area contributed by atoms with E-state index >= 15 is 0 Å². The first-order valence-electron chi connectivity index (χ1n) is 35.6. The summed E-state index contributed by atoms with van der Waals surface area (Å²) in [5.74, 6) is -0.824. The van der Waals surface area contributed by atoms with Gasteiger partial charge < -0.3 is 27.9 Å². The molecule has 0 aliphatic carbocycles. The molecule has 0 fully saturated rings. The molecular formula is C74H136NO8P. The number of nitrogens with zero attached hydrogens (tertiary/aromatic N) is 1. The number of hydrogen-bond donors (Lipinski definition) is 0. The summed E-state index contributed by atoms with van der Waals surface area (Å²) in [6, 6.07) is 0. The molecule has 0 aliphatic rings. The number of phosphoric ester groups is 1. The zero-order valence-corrected chi connectivity index (χ0v) is 56.7. The molecule has 84 heavy (non-hydrogen) atoms. The summed E-state index contributed by atoms with van der Waals surface area (Å²) in [6.45, 7) is 4.14. The highest BCUT2D eigenvalue weighted by atomic mass is 31.2. The smallest absolute Gasteiger partial charge is 0.306 e. The molecule has 0 aromatic rings. The van der Waals surface area contributed by atoms with E-state index in [2.05, 4.69) is 86.8 Å². The predicted octanol–water partition coefficient (Wildman–Crippen LogP) is 22.5. The Labute approximate surface area is 520 Å². The van der Waals surface area contributed by atoms with Gasteiger partial charge in [-0.25, -0.2) is 0 Å². The zero-order valence-electron chi connectivity index (χ0n) is 55.8. The van der Waals surface area contributed by atoms with Crippen LogP contribution in [0.1, 0.15) is 335 Å². The van der Waals surface area contributed by atoms with Crippen molar-refractivity contribution in [3.05, 3.63) is 72.9 Å². The van der Waals surface area contributed by atoms with Crippen LogP contribution in [0.4, 0.5) is 0 Å². The molecule has 0 aromatic carbocycles. The van der Waals surface area contributed by atoms with Gasteiger partial charge in [-0.1, -0.05) is 311 Å². The maximum Gasteiger partial charge on any atom is 0.306 e. The maximum absolute atomic E-state index is 12.9. The first-order valence-corrected chi connectivity index (χ1v) is 37.1. The van der Waals surface area contributed by atoms with Crippen LogP contribution in [-0.4, -0.2) is 70.0 Å². The summed E-state index contributed by atoms with van der Waals surface area (Å²) in [6.07, 6.45) is 87.2. The number of esters is 2. The molecule has 490 valence electrons. The number of ether oxygens (including phenoxy) is 2. The van der Waals surface area contributed by atoms with Crippen molar-refractivity contribution >= 4 is 19.8 Å². The van der Waals surface area contributed by atoms with Gasteiger partial charge in [-0.3, -0.25) is 14.2 Å². The van der Waals surface area contributed by atoms with Crippen molar-refractivity contribution in [2.45, 2.75) is 341 Å². The molecule has 9 nitrogen and oxygen atoms in total. The van der Waals surface area contributed by atoms with Crippen molar-refractivity contribution in [1.29, 1.82) is 0 Å². The van der Waals surface area contributed by atoms with Gasteiger partial charge in [-0.15, -0.1) is 0 Å². The third kappa shape index (κ3) is 68.6. The lowest BCUT2D eigenvalue weighted by atomic mass is 10.0. The number of quaternary nitrogens is 1. The van der Waals surface area contributed by atoms with Crippen LogP contribution >= 0.6 is 7.82 Å². The monoisotopic (exact) mass is 1200 g/mol. The van der Waals surface area contributed by atoms with E-state index in [4.69, 9.17) is 18.5 Å². The van der Waals surface area contributed by atoms with Gasteiger partial charge in [0.2, 0.25) is 0 Å². The van der Waals surface area contributed by atoms with Crippen molar-refractivity contribution < 1.29 is 42.1 Å². The SMILES string of the molecule is CC/C=C\C/C=C\C/C=C\C/C=C\CCCCCCCCCCCCCCCCCCCCCCCCCCCCCCC(=O)OC(COC(=O)CCCCCCCCCCC/C=C\C/C=C\CCCCC)COP(=O)([O-])OCC[N+](C)(C)C. The molecule has 0 aromatic heterocycles. The second-order valence-electron chi connectivity index (χ2n) is 25.2. The minimum absolute atomic E-state index is 0.0308. The fourth-order valence-electron chi connectivity index (χ4n) is 10.3. The van der Waals surface area contributed by atoms with Crippen LogP contribution in [-0.2, 0) is 32.7 Å². The zero-order chi connectivity index (χ0) is 61.2. The van der Waals surface area contributed by atoms with Crippen molar-refractivity contribution in [3.8, 4) is 0 Å². The Hall–Kier alpha value is -2.55. The van der Waals surface area contributed by atoms with Gasteiger partial charge in [0.05, 0.1) is 27.7 Å². The van der Waals surface area contributed by atoms with Crippen LogP contribution in [0.3, 0.4) is 0 Å². The molecule has 0 heterocycles. The molecule has 0 spiro atoms. The standard InChI is InChI=1S/C74H136NO8P/c1-6-8-10-12-14-16-18-20-22-24-26-27-28-29-30-31-32-33-34-35-36-37-38-39-40-41-42-43-44-45-46-47-49-51-53-55-57-59-61-63-65-67-74(77)83-72(71-82-84(78,79)81-69-68-75(3,4)5)70-80-73(76)66-64-62-60-58-56-54-52-50-48-25-23-21-19-17-15-13-11-9-7-2/h8,10,14-17,20-23,26-27,72H,6-7,9,11-13,18-19,24-25,28-71H2,1-5H3/b10-8-,16-14-,17-15-,22-20-,23-21-,27-26-. The maximum atomic E-state index is 12.9. The average Bonchev–Trinajstić information content (AvgIpc) is 3.61. The quantitative estimate of drug-likeness (QED) is 0.0195. The minimum Gasteiger partial charge on any atom is -0.756 e. The highest BCUT2D eigenvalue weighted by Gasteiger charge is 2.22. The number of likely N-dealkylation sites (N-methyl/N-ethyl adjacent to an activating group) is 1. The molecule has 0 saturated heterocycles. The van der Waals surface area contributed by atoms with E-state index in [1.165, 1.54) is 238 Å². The van der Waals surface area contributed by atoms with Gasteiger partial charge in [0.15, 0.2) is 6.10 Å². The first-order chi connectivity index (χ1) is 41.0. The van der Waals surface area contributed by atoms with Crippen molar-refractivity contribution in [2.24, 2.45) is 0 Å². The van der Waals surface area contributed by atoms with E-state index < -0.39 is 26.5 Å². The van der Waals surface area contributed by atoms with Crippen LogP contribution in [0.25, 0.3) is 0 Å². The van der Waals surface area contributed by atoms with E-state index in [1.54, 1.807) is 0 Å². The summed E-state index contributed by atoms with van der Waals surface area (Å²) in [7, 11) is 1.18. The van der Waals surface area contributed by atoms with Crippen LogP contribution in [0.2, 0.25) is 0 Å². The van der Waals surface area contributed by atoms with E-state index in [0.29, 0.717) is 17.4 Å². The lowest BCUT2D eigenvalue weighted by Gasteiger charge is -2.28. The van der Waals surface area contributed by atoms with Gasteiger partial charge in [0.1, 0.15) is 19.8 Å². The predicted molar refractivity (Wildman–Crippen MR) is 360 cm³/mol. The average molecular weight is 1200 g/mol. The van der Waals surface area contributed by atoms with Gasteiger partial charge in [0, 0.05) is 12.8 Å². The molecule has 0 saturated carbocycles. The lowest BCUT2D eigenvalue weighted by molar-refractivity contribution is -0.870. The molecule has 10 heteroatoms. The molecule has 2 atom stereocenters. The molecular weight excluding hydrogens is 1060 g/mol. The summed E-state index contributed by atoms with van der Waals surface area (Å²) in [5.41, 5.74) is 0. The molecule has 0 N–H and O–H groups in total. The topological polar surface area (TPSA) is 111 Å². The number of carbonyl (C=O) groups excluding carboxylic acids is 2. The third-order valence-corrected chi connectivity index (χ3v) is 16.7. The van der Waals surface area contributed by atoms with E-state index in [0.717, 1.165) is 64.2 Å². The third-order valence-electron chi connectivity index (χ3n) is 15.7. The van der Waals surface area contributed by atoms with Gasteiger partial charge >= 0.3 is 11.9 Å². The molecule has 0 amide bonds. The fourth-order valence-corrected chi connectivity index (χ4v) is 11.0. The Morgan fingerprint density at radius 1 is 0.381 bits per heavy atom. The normalized spacial score (nSPS) is 13.5. The second kappa shape index (κ2) is 64.9. The van der Waals surface area contributed by atoms with Crippen molar-refractivity contribution in [2.75, 3.05) is 47.5 Å². The summed E-state index contributed by atoms with van der Waals surface area (Å²) in [5, 5.41) is 0. The van der Waals surface area contributed by atoms with Crippen LogP contribution in [0, 0.1) is 0 Å². The van der Waals surface area contributed by atoms with E-state index in [1.807, 2.05) is 21.1 Å². The highest BCUT2D eigenvalue weighted by Crippen LogP contribution is 2.38. The fraction of sp³-hybridized carbons (Fsp3) is 0.811. The van der Waals surface area contributed by atoms with Gasteiger partial charge in [-0.2, -0.15) is 0 Å². The van der Waals surface area contributed by atoms with Gasteiger partial charge in [-0.05, 0) is 83.5 Å². The summed E-state index contributed by atoms with van der Waals surface area (Å²) in [4.78, 5) is 38.0. The minimum atomic E-state index is -4.64. The molecule has 2 unspecified atom stereocenters. The summed E-state index contributed by atoms with van der Waals surface area (Å²) >= 11 is 0. The summed E-state index contributed by atoms with van der Waals surface area (Å²) < 4.78 is 34.3. The number of phosphoric acid groups is 1. The number of hydrogen-bond acceptors (Lipinski definition) is 8. The van der Waals surface area contributed by atoms with Crippen LogP contribution in [0.15, 0.2) is 72.9 Å². The van der Waals surface area contributed by atoms with Crippen LogP contribution in [0.5, 0.6) is 0 Å². The molecule has 0 aliphatic heterocycles. The first kappa shape index (κ1) is 81.5. The largest absolute Gasteiger partial charge is 0.756 e. The Morgan fingerprint density at radius 2 is 0.679 bits per heavy atom. The molecule has 0 rings (SSSR count). The van der Waals surface area contributed by atoms with E-state index in [-0.39, 0.29) is 32.0 Å². The van der Waals surface area contributed by atoms with E-state index in [9.17, 15) is 19.0 Å². The Kier molecular flexibility index (Phi) is 62.9. The number of allylic oxidation sites excluding steroid dienone is 12. The Bertz CT molecular complexity index is 1650. The second-order valence-corrected chi connectivity index (χ2v) is 26.6. The number of unbranched alkanes of at least 4 members (excludes halogenated alkanes) is 40. The lowest BCUT2D eigenvalue weighted by Crippen LogP contribution is -2.37. The van der Waals surface area contributed by atoms with Crippen LogP contribution < -0.4 is 4.89 Å².